The molecule has 2 aromatic rings. The van der Waals surface area contributed by atoms with Gasteiger partial charge < -0.3 is 9.88 Å². The average molecular weight is 405 g/mol. The topological polar surface area (TPSA) is 84.3 Å². The molecular weight excluding hydrogens is 387 g/mol. The predicted octanol–water partition coefficient (Wildman–Crippen LogP) is 2.16. The fourth-order valence-electron chi connectivity index (χ4n) is 2.16. The van der Waals surface area contributed by atoms with E-state index in [1.165, 1.54) is 6.07 Å². The Morgan fingerprint density at radius 3 is 2.76 bits per heavy atom. The molecule has 1 N–H and O–H groups in total. The highest BCUT2D eigenvalue weighted by Gasteiger charge is 2.23. The van der Waals surface area contributed by atoms with Gasteiger partial charge in [0.1, 0.15) is 6.54 Å². The maximum atomic E-state index is 12.1. The zero-order chi connectivity index (χ0) is 18.4. The van der Waals surface area contributed by atoms with Crippen molar-refractivity contribution in [2.45, 2.75) is 13.0 Å². The van der Waals surface area contributed by atoms with Crippen molar-refractivity contribution in [1.29, 1.82) is 0 Å². The van der Waals surface area contributed by atoms with E-state index in [4.69, 9.17) is 23.2 Å². The fraction of sp³-hybridized carbons (Fsp3) is 0.333. The summed E-state index contributed by atoms with van der Waals surface area (Å²) >= 11 is 12.0. The molecule has 0 aliphatic rings. The molecule has 1 aromatic carbocycles. The van der Waals surface area contributed by atoms with Crippen LogP contribution in [0.2, 0.25) is 10.0 Å². The third kappa shape index (κ3) is 5.62. The van der Waals surface area contributed by atoms with Crippen LogP contribution in [-0.4, -0.2) is 43.2 Å². The van der Waals surface area contributed by atoms with Crippen LogP contribution in [0.5, 0.6) is 0 Å². The number of nitrogens with zero attached hydrogens (tertiary/aromatic N) is 3. The summed E-state index contributed by atoms with van der Waals surface area (Å²) in [4.78, 5) is 16.0. The average Bonchev–Trinajstić information content (AvgIpc) is 3.05. The Morgan fingerprint density at radius 1 is 1.36 bits per heavy atom. The van der Waals surface area contributed by atoms with Crippen LogP contribution in [0, 0.1) is 0 Å². The summed E-state index contributed by atoms with van der Waals surface area (Å²) in [5.74, 6) is -0.424. The van der Waals surface area contributed by atoms with E-state index in [0.717, 1.165) is 10.6 Å². The number of carbonyl (C=O) groups excluding carboxylic acids is 1. The lowest BCUT2D eigenvalue weighted by atomic mass is 10.3. The standard InChI is InChI=1S/C15H18Cl2N4O3S/c1-25(23,24)21(13-5-2-4-12(16)15(13)17)10-14(22)19-6-3-8-20-9-7-18-11-20/h2,4-5,7,9,11H,3,6,8,10H2,1H3,(H,19,22). The molecule has 7 nitrogen and oxygen atoms in total. The molecule has 0 saturated carbocycles. The molecule has 25 heavy (non-hydrogen) atoms. The minimum absolute atomic E-state index is 0.0856. The van der Waals surface area contributed by atoms with Crippen LogP contribution in [0.3, 0.4) is 0 Å². The molecule has 1 aromatic heterocycles. The number of carbonyl (C=O) groups is 1. The maximum Gasteiger partial charge on any atom is 0.240 e. The normalized spacial score (nSPS) is 11.3. The van der Waals surface area contributed by atoms with E-state index in [9.17, 15) is 13.2 Å². The molecule has 0 atom stereocenters. The molecule has 0 fully saturated rings. The van der Waals surface area contributed by atoms with Crippen LogP contribution < -0.4 is 9.62 Å². The van der Waals surface area contributed by atoms with Crippen LogP contribution in [0.25, 0.3) is 0 Å². The lowest BCUT2D eigenvalue weighted by molar-refractivity contribution is -0.119. The van der Waals surface area contributed by atoms with E-state index in [1.807, 2.05) is 10.8 Å². The summed E-state index contributed by atoms with van der Waals surface area (Å²) < 4.78 is 26.9. The van der Waals surface area contributed by atoms with E-state index in [1.54, 1.807) is 24.7 Å². The van der Waals surface area contributed by atoms with E-state index < -0.39 is 15.9 Å². The lowest BCUT2D eigenvalue weighted by Crippen LogP contribution is -2.40. The van der Waals surface area contributed by atoms with Crippen molar-refractivity contribution in [3.05, 3.63) is 47.0 Å². The van der Waals surface area contributed by atoms with Gasteiger partial charge in [-0.25, -0.2) is 13.4 Å². The highest BCUT2D eigenvalue weighted by atomic mass is 35.5. The first kappa shape index (κ1) is 19.6. The van der Waals surface area contributed by atoms with E-state index in [2.05, 4.69) is 10.3 Å². The Balaban J connectivity index is 1.97. The number of amides is 1. The first-order chi connectivity index (χ1) is 11.8. The number of halogens is 2. The molecule has 0 spiro atoms. The van der Waals surface area contributed by atoms with Gasteiger partial charge in [0.15, 0.2) is 0 Å². The molecule has 0 aliphatic heterocycles. The van der Waals surface area contributed by atoms with E-state index in [-0.39, 0.29) is 22.3 Å². The summed E-state index contributed by atoms with van der Waals surface area (Å²) in [6, 6.07) is 4.62. The summed E-state index contributed by atoms with van der Waals surface area (Å²) in [5, 5.41) is 3.00. The van der Waals surface area contributed by atoms with Crippen molar-refractivity contribution < 1.29 is 13.2 Å². The summed E-state index contributed by atoms with van der Waals surface area (Å²) in [5.41, 5.74) is 0.172. The number of sulfonamides is 1. The first-order valence-electron chi connectivity index (χ1n) is 7.43. The van der Waals surface area contributed by atoms with E-state index >= 15 is 0 Å². The second kappa shape index (κ2) is 8.55. The molecule has 2 rings (SSSR count). The third-order valence-corrected chi connectivity index (χ3v) is 5.30. The zero-order valence-corrected chi connectivity index (χ0v) is 15.9. The van der Waals surface area contributed by atoms with Gasteiger partial charge in [0.25, 0.3) is 0 Å². The van der Waals surface area contributed by atoms with Crippen LogP contribution in [0.15, 0.2) is 36.9 Å². The van der Waals surface area contributed by atoms with Crippen LogP contribution in [-0.2, 0) is 21.4 Å². The molecule has 1 amide bonds. The van der Waals surface area contributed by atoms with Crippen molar-refractivity contribution in [3.8, 4) is 0 Å². The number of nitrogens with one attached hydrogen (secondary N) is 1. The molecule has 10 heteroatoms. The van der Waals surface area contributed by atoms with Gasteiger partial charge in [-0.05, 0) is 18.6 Å². The van der Waals surface area contributed by atoms with Gasteiger partial charge in [-0.2, -0.15) is 0 Å². The number of hydrogen-bond donors (Lipinski definition) is 1. The second-order valence-corrected chi connectivity index (χ2v) is 8.04. The fourth-order valence-corrected chi connectivity index (χ4v) is 3.47. The van der Waals surface area contributed by atoms with Gasteiger partial charge in [0, 0.05) is 25.5 Å². The summed E-state index contributed by atoms with van der Waals surface area (Å²) in [7, 11) is -3.70. The SMILES string of the molecule is CS(=O)(=O)N(CC(=O)NCCCn1ccnc1)c1cccc(Cl)c1Cl. The van der Waals surface area contributed by atoms with Gasteiger partial charge in [0.2, 0.25) is 15.9 Å². The Morgan fingerprint density at radius 2 is 2.12 bits per heavy atom. The number of rotatable bonds is 8. The quantitative estimate of drug-likeness (QED) is 0.683. The van der Waals surface area contributed by atoms with E-state index in [0.29, 0.717) is 19.5 Å². The molecule has 1 heterocycles. The van der Waals surface area contributed by atoms with Gasteiger partial charge in [-0.1, -0.05) is 29.3 Å². The van der Waals surface area contributed by atoms with Gasteiger partial charge in [0.05, 0.1) is 28.3 Å². The molecule has 0 saturated heterocycles. The Hall–Kier alpha value is -1.77. The Labute approximate surface area is 156 Å². The number of benzene rings is 1. The van der Waals surface area contributed by atoms with Gasteiger partial charge in [-0.15, -0.1) is 0 Å². The smallest absolute Gasteiger partial charge is 0.240 e. The monoisotopic (exact) mass is 404 g/mol. The third-order valence-electron chi connectivity index (χ3n) is 3.36. The molecule has 0 aliphatic carbocycles. The molecule has 136 valence electrons. The predicted molar refractivity (Wildman–Crippen MR) is 98.5 cm³/mol. The van der Waals surface area contributed by atoms with Crippen molar-refractivity contribution in [3.63, 3.8) is 0 Å². The number of aryl methyl sites for hydroxylation is 1. The molecule has 0 unspecified atom stereocenters. The summed E-state index contributed by atoms with van der Waals surface area (Å²) in [6.45, 7) is 0.748. The van der Waals surface area contributed by atoms with Crippen molar-refractivity contribution >= 4 is 44.8 Å². The van der Waals surface area contributed by atoms with Crippen molar-refractivity contribution in [1.82, 2.24) is 14.9 Å². The number of aromatic nitrogens is 2. The van der Waals surface area contributed by atoms with Gasteiger partial charge >= 0.3 is 0 Å². The van der Waals surface area contributed by atoms with Crippen LogP contribution in [0.1, 0.15) is 6.42 Å². The molecular formula is C15H18Cl2N4O3S. The Kier molecular flexibility index (Phi) is 6.69. The molecule has 0 bridgehead atoms. The minimum Gasteiger partial charge on any atom is -0.354 e. The Bertz CT molecular complexity index is 825. The van der Waals surface area contributed by atoms with Crippen molar-refractivity contribution in [2.24, 2.45) is 0 Å². The highest BCUT2D eigenvalue weighted by Crippen LogP contribution is 2.33. The van der Waals surface area contributed by atoms with Crippen LogP contribution >= 0.6 is 23.2 Å². The van der Waals surface area contributed by atoms with Crippen molar-refractivity contribution in [2.75, 3.05) is 23.7 Å². The van der Waals surface area contributed by atoms with Gasteiger partial charge in [-0.3, -0.25) is 9.10 Å². The number of anilines is 1. The number of hydrogen-bond acceptors (Lipinski definition) is 4. The van der Waals surface area contributed by atoms with Crippen LogP contribution in [0.4, 0.5) is 5.69 Å². The zero-order valence-electron chi connectivity index (χ0n) is 13.5. The maximum absolute atomic E-state index is 12.1. The largest absolute Gasteiger partial charge is 0.354 e. The minimum atomic E-state index is -3.70. The summed E-state index contributed by atoms with van der Waals surface area (Å²) in [6.07, 6.45) is 6.90. The highest BCUT2D eigenvalue weighted by molar-refractivity contribution is 7.92. The lowest BCUT2D eigenvalue weighted by Gasteiger charge is -2.23. The number of imidazole rings is 1. The molecule has 0 radical (unpaired) electrons. The first-order valence-corrected chi connectivity index (χ1v) is 10.0. The second-order valence-electron chi connectivity index (χ2n) is 5.35.